The number of rotatable bonds is 4. The van der Waals surface area contributed by atoms with Gasteiger partial charge >= 0.3 is 0 Å². The number of imide groups is 1. The van der Waals surface area contributed by atoms with Gasteiger partial charge in [0.1, 0.15) is 5.70 Å². The number of carbonyl (C=O) groups is 3. The van der Waals surface area contributed by atoms with Gasteiger partial charge in [-0.1, -0.05) is 30.3 Å². The summed E-state index contributed by atoms with van der Waals surface area (Å²) in [5, 5.41) is 2.71. The van der Waals surface area contributed by atoms with Crippen LogP contribution in [-0.4, -0.2) is 35.7 Å². The molecule has 4 rings (SSSR count). The van der Waals surface area contributed by atoms with Gasteiger partial charge in [0, 0.05) is 31.4 Å². The summed E-state index contributed by atoms with van der Waals surface area (Å²) in [6.07, 6.45) is 0.835. The minimum Gasteiger partial charge on any atom is -0.336 e. The number of para-hydroxylation sites is 1. The molecule has 3 amide bonds. The normalized spacial score (nSPS) is 16.1. The van der Waals surface area contributed by atoms with Crippen LogP contribution in [0.3, 0.4) is 0 Å². The van der Waals surface area contributed by atoms with Crippen molar-refractivity contribution in [1.29, 1.82) is 0 Å². The molecule has 1 N–H and O–H groups in total. The van der Waals surface area contributed by atoms with Crippen molar-refractivity contribution in [3.8, 4) is 0 Å². The molecule has 2 heterocycles. The molecule has 0 spiro atoms. The zero-order valence-electron chi connectivity index (χ0n) is 15.9. The van der Waals surface area contributed by atoms with Gasteiger partial charge in [-0.2, -0.15) is 0 Å². The van der Waals surface area contributed by atoms with Crippen LogP contribution in [0.15, 0.2) is 54.2 Å². The molecular weight excluding hydrogens is 354 g/mol. The van der Waals surface area contributed by atoms with Crippen molar-refractivity contribution >= 4 is 34.7 Å². The average molecular weight is 375 g/mol. The molecule has 28 heavy (non-hydrogen) atoms. The first-order chi connectivity index (χ1) is 13.5. The van der Waals surface area contributed by atoms with Crippen LogP contribution in [0.4, 0.5) is 11.4 Å². The molecule has 2 aromatic rings. The summed E-state index contributed by atoms with van der Waals surface area (Å²) in [5.74, 6) is -0.699. The molecule has 142 valence electrons. The van der Waals surface area contributed by atoms with Crippen LogP contribution in [0, 0.1) is 0 Å². The molecule has 2 aliphatic rings. The van der Waals surface area contributed by atoms with Gasteiger partial charge in [0.15, 0.2) is 0 Å². The Balaban J connectivity index is 1.82. The lowest BCUT2D eigenvalue weighted by molar-refractivity contribution is -0.136. The first-order valence-corrected chi connectivity index (χ1v) is 9.35. The summed E-state index contributed by atoms with van der Waals surface area (Å²) in [6, 6.07) is 15.0. The van der Waals surface area contributed by atoms with Crippen LogP contribution in [-0.2, 0) is 20.8 Å². The minimum atomic E-state index is -0.279. The lowest BCUT2D eigenvalue weighted by Gasteiger charge is -2.21. The molecule has 0 radical (unpaired) electrons. The fraction of sp³-hybridized carbons (Fsp3) is 0.227. The lowest BCUT2D eigenvalue weighted by Crippen LogP contribution is -2.34. The van der Waals surface area contributed by atoms with Crippen molar-refractivity contribution in [2.24, 2.45) is 0 Å². The maximum Gasteiger partial charge on any atom is 0.278 e. The van der Waals surface area contributed by atoms with Crippen LogP contribution < -0.4 is 10.2 Å². The third kappa shape index (κ3) is 2.87. The zero-order valence-corrected chi connectivity index (χ0v) is 15.9. The van der Waals surface area contributed by atoms with Gasteiger partial charge in [-0.3, -0.25) is 19.3 Å². The van der Waals surface area contributed by atoms with E-state index in [0.29, 0.717) is 35.6 Å². The van der Waals surface area contributed by atoms with Crippen molar-refractivity contribution in [3.05, 3.63) is 65.4 Å². The Morgan fingerprint density at radius 3 is 2.43 bits per heavy atom. The number of hydrogen-bond donors (Lipinski definition) is 1. The van der Waals surface area contributed by atoms with Crippen molar-refractivity contribution < 1.29 is 14.4 Å². The molecule has 6 nitrogen and oxygen atoms in total. The highest BCUT2D eigenvalue weighted by atomic mass is 16.2. The Bertz CT molecular complexity index is 1010. The van der Waals surface area contributed by atoms with E-state index < -0.39 is 0 Å². The Morgan fingerprint density at radius 2 is 1.75 bits per heavy atom. The number of likely N-dealkylation sites (N-methyl/N-ethyl adjacent to an activating group) is 1. The largest absolute Gasteiger partial charge is 0.336 e. The maximum atomic E-state index is 13.1. The van der Waals surface area contributed by atoms with Crippen LogP contribution in [0.1, 0.15) is 25.0 Å². The topological polar surface area (TPSA) is 69.7 Å². The predicted molar refractivity (Wildman–Crippen MR) is 108 cm³/mol. The number of nitrogens with one attached hydrogen (secondary N) is 1. The molecule has 0 saturated heterocycles. The van der Waals surface area contributed by atoms with Crippen LogP contribution in [0.2, 0.25) is 0 Å². The van der Waals surface area contributed by atoms with E-state index in [1.807, 2.05) is 23.1 Å². The van der Waals surface area contributed by atoms with E-state index in [9.17, 15) is 14.4 Å². The molecule has 0 aromatic heterocycles. The van der Waals surface area contributed by atoms with Crippen molar-refractivity contribution in [3.63, 3.8) is 0 Å². The van der Waals surface area contributed by atoms with Crippen molar-refractivity contribution in [1.82, 2.24) is 4.90 Å². The highest BCUT2D eigenvalue weighted by Gasteiger charge is 2.42. The summed E-state index contributed by atoms with van der Waals surface area (Å²) >= 11 is 0. The molecule has 0 atom stereocenters. The van der Waals surface area contributed by atoms with Gasteiger partial charge in [0.05, 0.1) is 5.57 Å². The second kappa shape index (κ2) is 6.96. The molecule has 0 fully saturated rings. The van der Waals surface area contributed by atoms with E-state index in [0.717, 1.165) is 12.1 Å². The number of anilines is 2. The quantitative estimate of drug-likeness (QED) is 0.835. The molecule has 0 saturated carbocycles. The summed E-state index contributed by atoms with van der Waals surface area (Å²) in [6.45, 7) is 4.23. The SMILES string of the molecule is CCN1C(=O)C(c2ccc(NC(C)=O)cc2)=C(N2CCc3ccccc32)C1=O. The highest BCUT2D eigenvalue weighted by Crippen LogP contribution is 2.38. The first-order valence-electron chi connectivity index (χ1n) is 9.35. The van der Waals surface area contributed by atoms with E-state index in [1.165, 1.54) is 17.4 Å². The fourth-order valence-electron chi connectivity index (χ4n) is 3.86. The van der Waals surface area contributed by atoms with Gasteiger partial charge < -0.3 is 10.2 Å². The summed E-state index contributed by atoms with van der Waals surface area (Å²) in [4.78, 5) is 40.6. The molecule has 0 bridgehead atoms. The second-order valence-corrected chi connectivity index (χ2v) is 6.87. The summed E-state index contributed by atoms with van der Waals surface area (Å²) < 4.78 is 0. The Hall–Kier alpha value is -3.41. The zero-order chi connectivity index (χ0) is 19.8. The van der Waals surface area contributed by atoms with E-state index >= 15 is 0 Å². The third-order valence-corrected chi connectivity index (χ3v) is 5.11. The standard InChI is InChI=1S/C22H21N3O3/c1-3-24-21(27)19(16-8-10-17(11-9-16)23-14(2)26)20(22(24)28)25-13-12-15-6-4-5-7-18(15)25/h4-11H,3,12-13H2,1-2H3,(H,23,26). The molecule has 2 aliphatic heterocycles. The smallest absolute Gasteiger partial charge is 0.278 e. The van der Waals surface area contributed by atoms with Crippen LogP contribution in [0.5, 0.6) is 0 Å². The molecule has 0 unspecified atom stereocenters. The predicted octanol–water partition coefficient (Wildman–Crippen LogP) is 2.81. The van der Waals surface area contributed by atoms with Gasteiger partial charge in [-0.15, -0.1) is 0 Å². The fourth-order valence-corrected chi connectivity index (χ4v) is 3.86. The molecule has 2 aromatic carbocycles. The van der Waals surface area contributed by atoms with Crippen LogP contribution in [0.25, 0.3) is 5.57 Å². The number of hydrogen-bond acceptors (Lipinski definition) is 4. The van der Waals surface area contributed by atoms with E-state index in [4.69, 9.17) is 0 Å². The monoisotopic (exact) mass is 375 g/mol. The second-order valence-electron chi connectivity index (χ2n) is 6.87. The number of amides is 3. The van der Waals surface area contributed by atoms with Gasteiger partial charge in [0.25, 0.3) is 11.8 Å². The van der Waals surface area contributed by atoms with E-state index in [1.54, 1.807) is 31.2 Å². The third-order valence-electron chi connectivity index (χ3n) is 5.11. The van der Waals surface area contributed by atoms with Gasteiger partial charge in [-0.25, -0.2) is 0 Å². The summed E-state index contributed by atoms with van der Waals surface area (Å²) in [7, 11) is 0. The highest BCUT2D eigenvalue weighted by molar-refractivity contribution is 6.36. The summed E-state index contributed by atoms with van der Waals surface area (Å²) in [5.41, 5.74) is 4.31. The van der Waals surface area contributed by atoms with Crippen LogP contribution >= 0.6 is 0 Å². The molecule has 6 heteroatoms. The van der Waals surface area contributed by atoms with Gasteiger partial charge in [-0.05, 0) is 42.7 Å². The Labute approximate surface area is 163 Å². The van der Waals surface area contributed by atoms with Gasteiger partial charge in [0.2, 0.25) is 5.91 Å². The number of carbonyl (C=O) groups excluding carboxylic acids is 3. The maximum absolute atomic E-state index is 13.1. The number of nitrogens with zero attached hydrogens (tertiary/aromatic N) is 2. The number of benzene rings is 2. The van der Waals surface area contributed by atoms with E-state index in [2.05, 4.69) is 11.4 Å². The molecule has 0 aliphatic carbocycles. The Morgan fingerprint density at radius 1 is 1.04 bits per heavy atom. The minimum absolute atomic E-state index is 0.161. The first kappa shape index (κ1) is 18.0. The number of fused-ring (bicyclic) bond motifs is 1. The molecular formula is C22H21N3O3. The average Bonchev–Trinajstić information content (AvgIpc) is 3.20. The van der Waals surface area contributed by atoms with Crippen molar-refractivity contribution in [2.75, 3.05) is 23.3 Å². The van der Waals surface area contributed by atoms with Crippen molar-refractivity contribution in [2.45, 2.75) is 20.3 Å². The van der Waals surface area contributed by atoms with E-state index in [-0.39, 0.29) is 17.7 Å². The lowest BCUT2D eigenvalue weighted by atomic mass is 10.0. The Kier molecular flexibility index (Phi) is 4.47.